The molecule has 0 atom stereocenters. The standard InChI is InChI=1S/C9H13Cl2N3O4S2/c1-19(15,16)13-4-5-14-20(17,18)7-3-2-6(10)9(12)8(7)11/h2-3,13-14H,4-5,12H2,1H3. The highest BCUT2D eigenvalue weighted by Gasteiger charge is 2.20. The quantitative estimate of drug-likeness (QED) is 0.500. The van der Waals surface area contributed by atoms with E-state index in [0.29, 0.717) is 0 Å². The molecule has 0 saturated heterocycles. The molecule has 0 heterocycles. The van der Waals surface area contributed by atoms with Crippen molar-refractivity contribution >= 4 is 48.9 Å². The lowest BCUT2D eigenvalue weighted by molar-refractivity contribution is 0.573. The van der Waals surface area contributed by atoms with E-state index >= 15 is 0 Å². The van der Waals surface area contributed by atoms with Crippen molar-refractivity contribution < 1.29 is 16.8 Å². The van der Waals surface area contributed by atoms with Crippen molar-refractivity contribution in [1.29, 1.82) is 0 Å². The van der Waals surface area contributed by atoms with Crippen molar-refractivity contribution in [2.75, 3.05) is 25.1 Å². The molecule has 114 valence electrons. The van der Waals surface area contributed by atoms with E-state index in [1.165, 1.54) is 12.1 Å². The Morgan fingerprint density at radius 2 is 1.65 bits per heavy atom. The minimum atomic E-state index is -3.90. The summed E-state index contributed by atoms with van der Waals surface area (Å²) < 4.78 is 49.9. The maximum atomic E-state index is 12.0. The minimum Gasteiger partial charge on any atom is -0.396 e. The van der Waals surface area contributed by atoms with Crippen molar-refractivity contribution in [2.45, 2.75) is 4.90 Å². The Morgan fingerprint density at radius 3 is 2.20 bits per heavy atom. The molecule has 0 aliphatic rings. The molecule has 7 nitrogen and oxygen atoms in total. The van der Waals surface area contributed by atoms with Crippen LogP contribution in [0, 0.1) is 0 Å². The molecule has 0 saturated carbocycles. The van der Waals surface area contributed by atoms with Crippen LogP contribution in [0.25, 0.3) is 0 Å². The number of anilines is 1. The molecule has 1 aromatic rings. The summed E-state index contributed by atoms with van der Waals surface area (Å²) in [6.07, 6.45) is 0.970. The summed E-state index contributed by atoms with van der Waals surface area (Å²) in [6, 6.07) is 2.53. The van der Waals surface area contributed by atoms with Crippen molar-refractivity contribution in [1.82, 2.24) is 9.44 Å². The third-order valence-electron chi connectivity index (χ3n) is 2.16. The van der Waals surface area contributed by atoms with E-state index in [-0.39, 0.29) is 33.7 Å². The number of nitrogens with one attached hydrogen (secondary N) is 2. The zero-order chi connectivity index (χ0) is 15.6. The van der Waals surface area contributed by atoms with Gasteiger partial charge in [-0.2, -0.15) is 0 Å². The highest BCUT2D eigenvalue weighted by atomic mass is 35.5. The van der Waals surface area contributed by atoms with Crippen LogP contribution in [0.3, 0.4) is 0 Å². The highest BCUT2D eigenvalue weighted by Crippen LogP contribution is 2.32. The van der Waals surface area contributed by atoms with Crippen molar-refractivity contribution in [3.8, 4) is 0 Å². The van der Waals surface area contributed by atoms with E-state index in [0.717, 1.165) is 6.26 Å². The van der Waals surface area contributed by atoms with Gasteiger partial charge in [0, 0.05) is 13.1 Å². The molecule has 4 N–H and O–H groups in total. The van der Waals surface area contributed by atoms with Gasteiger partial charge >= 0.3 is 0 Å². The van der Waals surface area contributed by atoms with Crippen LogP contribution in [0.4, 0.5) is 5.69 Å². The second-order valence-corrected chi connectivity index (χ2v) is 8.19. The average molecular weight is 362 g/mol. The zero-order valence-electron chi connectivity index (χ0n) is 10.4. The number of nitrogens with two attached hydrogens (primary N) is 1. The maximum absolute atomic E-state index is 12.0. The van der Waals surface area contributed by atoms with Gasteiger partial charge in [0.05, 0.1) is 22.0 Å². The summed E-state index contributed by atoms with van der Waals surface area (Å²) >= 11 is 11.5. The van der Waals surface area contributed by atoms with E-state index in [1.807, 2.05) is 0 Å². The molecule has 11 heteroatoms. The van der Waals surface area contributed by atoms with Crippen LogP contribution in [0.15, 0.2) is 17.0 Å². The van der Waals surface area contributed by atoms with Gasteiger partial charge in [-0.05, 0) is 12.1 Å². The van der Waals surface area contributed by atoms with E-state index in [2.05, 4.69) is 9.44 Å². The number of hydrogen-bond donors (Lipinski definition) is 3. The van der Waals surface area contributed by atoms with Crippen LogP contribution in [0.2, 0.25) is 10.0 Å². The molecule has 0 aromatic heterocycles. The lowest BCUT2D eigenvalue weighted by Gasteiger charge is -2.10. The SMILES string of the molecule is CS(=O)(=O)NCCNS(=O)(=O)c1ccc(Cl)c(N)c1Cl. The normalized spacial score (nSPS) is 12.6. The number of hydrogen-bond acceptors (Lipinski definition) is 5. The second-order valence-electron chi connectivity index (χ2n) is 3.84. The number of rotatable bonds is 6. The van der Waals surface area contributed by atoms with Crippen LogP contribution in [-0.4, -0.2) is 36.2 Å². The van der Waals surface area contributed by atoms with E-state index in [9.17, 15) is 16.8 Å². The molecule has 1 aromatic carbocycles. The van der Waals surface area contributed by atoms with Crippen molar-refractivity contribution in [3.05, 3.63) is 22.2 Å². The fraction of sp³-hybridized carbons (Fsp3) is 0.333. The molecule has 0 bridgehead atoms. The molecular weight excluding hydrogens is 349 g/mol. The lowest BCUT2D eigenvalue weighted by atomic mass is 10.3. The minimum absolute atomic E-state index is 0.0366. The molecule has 0 fully saturated rings. The van der Waals surface area contributed by atoms with E-state index in [1.54, 1.807) is 0 Å². The molecule has 0 radical (unpaired) electrons. The fourth-order valence-corrected chi connectivity index (χ4v) is 3.52. The molecular formula is C9H13Cl2N3O4S2. The van der Waals surface area contributed by atoms with Crippen LogP contribution < -0.4 is 15.2 Å². The molecule has 1 rings (SSSR count). The molecule has 0 aliphatic heterocycles. The summed E-state index contributed by atoms with van der Waals surface area (Å²) in [5.74, 6) is 0. The Hall–Kier alpha value is -0.580. The molecule has 0 aliphatic carbocycles. The average Bonchev–Trinajstić information content (AvgIpc) is 2.30. The molecule has 0 spiro atoms. The Bertz CT molecular complexity index is 704. The first-order valence-electron chi connectivity index (χ1n) is 5.22. The van der Waals surface area contributed by atoms with Gasteiger partial charge in [0.15, 0.2) is 0 Å². The summed E-state index contributed by atoms with van der Waals surface area (Å²) in [6.45, 7) is -0.215. The van der Waals surface area contributed by atoms with Gasteiger partial charge in [0.1, 0.15) is 4.90 Å². The van der Waals surface area contributed by atoms with E-state index in [4.69, 9.17) is 28.9 Å². The maximum Gasteiger partial charge on any atom is 0.242 e. The van der Waals surface area contributed by atoms with Crippen LogP contribution in [0.1, 0.15) is 0 Å². The van der Waals surface area contributed by atoms with Gasteiger partial charge in [-0.15, -0.1) is 0 Å². The third kappa shape index (κ3) is 4.76. The number of nitrogen functional groups attached to an aromatic ring is 1. The number of halogens is 2. The first kappa shape index (κ1) is 17.5. The van der Waals surface area contributed by atoms with Gasteiger partial charge in [-0.25, -0.2) is 26.3 Å². The Kier molecular flexibility index (Phi) is 5.64. The smallest absolute Gasteiger partial charge is 0.242 e. The first-order valence-corrected chi connectivity index (χ1v) is 9.35. The summed E-state index contributed by atoms with van der Waals surface area (Å²) in [7, 11) is -7.28. The van der Waals surface area contributed by atoms with Gasteiger partial charge < -0.3 is 5.73 Å². The third-order valence-corrected chi connectivity index (χ3v) is 5.24. The first-order chi connectivity index (χ1) is 9.04. The monoisotopic (exact) mass is 361 g/mol. The highest BCUT2D eigenvalue weighted by molar-refractivity contribution is 7.89. The van der Waals surface area contributed by atoms with Crippen molar-refractivity contribution in [2.24, 2.45) is 0 Å². The Labute approximate surface area is 127 Å². The van der Waals surface area contributed by atoms with Gasteiger partial charge in [0.2, 0.25) is 20.0 Å². The summed E-state index contributed by atoms with van der Waals surface area (Å²) in [4.78, 5) is -0.222. The van der Waals surface area contributed by atoms with E-state index < -0.39 is 20.0 Å². The van der Waals surface area contributed by atoms with Crippen molar-refractivity contribution in [3.63, 3.8) is 0 Å². The molecule has 0 unspecified atom stereocenters. The predicted molar refractivity (Wildman–Crippen MR) is 78.9 cm³/mol. The van der Waals surface area contributed by atoms with Crippen LogP contribution in [-0.2, 0) is 20.0 Å². The van der Waals surface area contributed by atoms with Gasteiger partial charge in [-0.1, -0.05) is 23.2 Å². The number of sulfonamides is 2. The predicted octanol–water partition coefficient (Wildman–Crippen LogP) is 0.403. The van der Waals surface area contributed by atoms with Gasteiger partial charge in [-0.3, -0.25) is 0 Å². The molecule has 20 heavy (non-hydrogen) atoms. The molecule has 0 amide bonds. The summed E-state index contributed by atoms with van der Waals surface area (Å²) in [5, 5.41) is -0.0336. The Balaban J connectivity index is 2.83. The Morgan fingerprint density at radius 1 is 1.10 bits per heavy atom. The largest absolute Gasteiger partial charge is 0.396 e. The second kappa shape index (κ2) is 6.46. The number of benzene rings is 1. The topological polar surface area (TPSA) is 118 Å². The summed E-state index contributed by atoms with van der Waals surface area (Å²) in [5.41, 5.74) is 5.51. The van der Waals surface area contributed by atoms with Crippen LogP contribution >= 0.6 is 23.2 Å². The zero-order valence-corrected chi connectivity index (χ0v) is 13.5. The fourth-order valence-electron chi connectivity index (χ4n) is 1.26. The lowest BCUT2D eigenvalue weighted by Crippen LogP contribution is -2.34. The van der Waals surface area contributed by atoms with Crippen LogP contribution in [0.5, 0.6) is 0 Å². The van der Waals surface area contributed by atoms with Gasteiger partial charge in [0.25, 0.3) is 0 Å².